The van der Waals surface area contributed by atoms with Gasteiger partial charge in [0.2, 0.25) is 5.89 Å². The van der Waals surface area contributed by atoms with Crippen molar-refractivity contribution in [1.29, 1.82) is 0 Å². The smallest absolute Gasteiger partial charge is 0.273 e. The largest absolute Gasteiger partial charge is 0.508 e. The van der Waals surface area contributed by atoms with Gasteiger partial charge in [-0.25, -0.2) is 4.98 Å². The Labute approximate surface area is 174 Å². The van der Waals surface area contributed by atoms with Crippen molar-refractivity contribution in [2.24, 2.45) is 5.73 Å². The molecule has 1 atom stereocenters. The lowest BCUT2D eigenvalue weighted by Crippen LogP contribution is -2.26. The second kappa shape index (κ2) is 9.80. The first-order valence-electron chi connectivity index (χ1n) is 9.48. The second-order valence-electron chi connectivity index (χ2n) is 6.73. The van der Waals surface area contributed by atoms with Gasteiger partial charge in [-0.1, -0.05) is 12.1 Å². The van der Waals surface area contributed by atoms with E-state index in [1.54, 1.807) is 38.5 Å². The van der Waals surface area contributed by atoms with Crippen LogP contribution in [0, 0.1) is 0 Å². The highest BCUT2D eigenvalue weighted by Gasteiger charge is 2.17. The van der Waals surface area contributed by atoms with Gasteiger partial charge >= 0.3 is 0 Å². The number of carbonyl (C=O) groups is 1. The van der Waals surface area contributed by atoms with Gasteiger partial charge in [0.25, 0.3) is 5.91 Å². The van der Waals surface area contributed by atoms with E-state index in [0.29, 0.717) is 19.4 Å². The number of hydrogen-bond acceptors (Lipinski definition) is 7. The maximum Gasteiger partial charge on any atom is 0.273 e. The van der Waals surface area contributed by atoms with Gasteiger partial charge < -0.3 is 30.0 Å². The van der Waals surface area contributed by atoms with Crippen LogP contribution in [0.25, 0.3) is 0 Å². The second-order valence-corrected chi connectivity index (χ2v) is 6.73. The molecule has 1 aromatic heterocycles. The molecule has 2 aromatic carbocycles. The summed E-state index contributed by atoms with van der Waals surface area (Å²) in [5, 5.41) is 12.2. The molecule has 8 nitrogen and oxygen atoms in total. The molecule has 1 amide bonds. The van der Waals surface area contributed by atoms with Crippen LogP contribution in [0.5, 0.6) is 17.2 Å². The fraction of sp³-hybridized carbons (Fsp3) is 0.273. The summed E-state index contributed by atoms with van der Waals surface area (Å²) in [4.78, 5) is 16.6. The number of phenolic OH excluding ortho intramolecular Hbond substituents is 1. The Balaban J connectivity index is 1.55. The van der Waals surface area contributed by atoms with Gasteiger partial charge in [0, 0.05) is 6.54 Å². The average Bonchev–Trinajstić information content (AvgIpc) is 3.26. The SMILES string of the molecule is COc1ccc(OC)c(CCNC(=O)c2coc(C(N)Cc3ccc(O)cc3)n2)c1. The van der Waals surface area contributed by atoms with Crippen molar-refractivity contribution in [3.63, 3.8) is 0 Å². The lowest BCUT2D eigenvalue weighted by atomic mass is 10.1. The summed E-state index contributed by atoms with van der Waals surface area (Å²) in [7, 11) is 3.20. The van der Waals surface area contributed by atoms with Crippen LogP contribution in [-0.4, -0.2) is 36.8 Å². The quantitative estimate of drug-likeness (QED) is 0.495. The van der Waals surface area contributed by atoms with Crippen molar-refractivity contribution in [3.05, 3.63) is 71.4 Å². The summed E-state index contributed by atoms with van der Waals surface area (Å²) >= 11 is 0. The number of aromatic nitrogens is 1. The topological polar surface area (TPSA) is 120 Å². The molecule has 0 spiro atoms. The van der Waals surface area contributed by atoms with Crippen LogP contribution in [0.4, 0.5) is 0 Å². The van der Waals surface area contributed by atoms with E-state index in [2.05, 4.69) is 10.3 Å². The minimum Gasteiger partial charge on any atom is -0.508 e. The van der Waals surface area contributed by atoms with Crippen LogP contribution < -0.4 is 20.5 Å². The van der Waals surface area contributed by atoms with E-state index in [1.165, 1.54) is 6.26 Å². The van der Waals surface area contributed by atoms with Crippen LogP contribution in [-0.2, 0) is 12.8 Å². The number of ether oxygens (including phenoxy) is 2. The maximum absolute atomic E-state index is 12.4. The van der Waals surface area contributed by atoms with Gasteiger partial charge in [0.05, 0.1) is 20.3 Å². The van der Waals surface area contributed by atoms with Gasteiger partial charge in [-0.05, 0) is 54.3 Å². The number of methoxy groups -OCH3 is 2. The number of oxazole rings is 1. The summed E-state index contributed by atoms with van der Waals surface area (Å²) in [5.41, 5.74) is 8.16. The number of carbonyl (C=O) groups excluding carboxylic acids is 1. The molecule has 4 N–H and O–H groups in total. The highest BCUT2D eigenvalue weighted by Crippen LogP contribution is 2.24. The summed E-state index contributed by atoms with van der Waals surface area (Å²) in [6.07, 6.45) is 2.34. The molecule has 0 aliphatic heterocycles. The molecule has 0 fully saturated rings. The Hall–Kier alpha value is -3.52. The van der Waals surface area contributed by atoms with E-state index < -0.39 is 6.04 Å². The molecule has 0 aliphatic rings. The van der Waals surface area contributed by atoms with Gasteiger partial charge in [-0.15, -0.1) is 0 Å². The molecule has 1 unspecified atom stereocenters. The number of phenols is 1. The summed E-state index contributed by atoms with van der Waals surface area (Å²) in [6, 6.07) is 11.8. The van der Waals surface area contributed by atoms with Crippen LogP contribution >= 0.6 is 0 Å². The molecule has 0 radical (unpaired) electrons. The Morgan fingerprint density at radius 1 is 1.20 bits per heavy atom. The van der Waals surface area contributed by atoms with Crippen molar-refractivity contribution in [2.75, 3.05) is 20.8 Å². The van der Waals surface area contributed by atoms with E-state index in [1.807, 2.05) is 18.2 Å². The number of rotatable bonds is 9. The number of aromatic hydroxyl groups is 1. The van der Waals surface area contributed by atoms with Gasteiger partial charge in [-0.3, -0.25) is 4.79 Å². The van der Waals surface area contributed by atoms with E-state index in [0.717, 1.165) is 22.6 Å². The first kappa shape index (κ1) is 21.2. The number of benzene rings is 2. The van der Waals surface area contributed by atoms with Gasteiger partial charge in [-0.2, -0.15) is 0 Å². The fourth-order valence-electron chi connectivity index (χ4n) is 3.01. The predicted octanol–water partition coefficient (Wildman–Crippen LogP) is 2.61. The normalized spacial score (nSPS) is 11.7. The Bertz CT molecular complexity index is 985. The third kappa shape index (κ3) is 5.30. The molecular formula is C22H25N3O5. The molecule has 158 valence electrons. The minimum atomic E-state index is -0.503. The van der Waals surface area contributed by atoms with E-state index in [4.69, 9.17) is 19.6 Å². The highest BCUT2D eigenvalue weighted by molar-refractivity contribution is 5.91. The van der Waals surface area contributed by atoms with Crippen molar-refractivity contribution in [3.8, 4) is 17.2 Å². The highest BCUT2D eigenvalue weighted by atomic mass is 16.5. The van der Waals surface area contributed by atoms with Crippen LogP contribution in [0.15, 0.2) is 53.1 Å². The summed E-state index contributed by atoms with van der Waals surface area (Å²) in [6.45, 7) is 0.393. The molecule has 1 heterocycles. The van der Waals surface area contributed by atoms with Crippen molar-refractivity contribution in [1.82, 2.24) is 10.3 Å². The fourth-order valence-corrected chi connectivity index (χ4v) is 3.01. The van der Waals surface area contributed by atoms with Crippen LogP contribution in [0.1, 0.15) is 33.5 Å². The monoisotopic (exact) mass is 411 g/mol. The number of amides is 1. The Morgan fingerprint density at radius 3 is 2.67 bits per heavy atom. The van der Waals surface area contributed by atoms with Gasteiger partial charge in [0.1, 0.15) is 23.5 Å². The maximum atomic E-state index is 12.4. The van der Waals surface area contributed by atoms with Crippen molar-refractivity contribution < 1.29 is 23.8 Å². The summed E-state index contributed by atoms with van der Waals surface area (Å²) in [5.74, 6) is 1.58. The molecular weight excluding hydrogens is 386 g/mol. The number of nitrogens with zero attached hydrogens (tertiary/aromatic N) is 1. The molecule has 0 saturated carbocycles. The van der Waals surface area contributed by atoms with Crippen LogP contribution in [0.3, 0.4) is 0 Å². The number of nitrogens with one attached hydrogen (secondary N) is 1. The third-order valence-electron chi connectivity index (χ3n) is 4.63. The Morgan fingerprint density at radius 2 is 1.97 bits per heavy atom. The molecule has 0 aliphatic carbocycles. The van der Waals surface area contributed by atoms with Crippen molar-refractivity contribution in [2.45, 2.75) is 18.9 Å². The van der Waals surface area contributed by atoms with E-state index in [-0.39, 0.29) is 23.2 Å². The molecule has 30 heavy (non-hydrogen) atoms. The van der Waals surface area contributed by atoms with Crippen LogP contribution in [0.2, 0.25) is 0 Å². The average molecular weight is 411 g/mol. The first-order valence-corrected chi connectivity index (χ1v) is 9.48. The predicted molar refractivity (Wildman–Crippen MR) is 111 cm³/mol. The molecule has 3 aromatic rings. The van der Waals surface area contributed by atoms with E-state index >= 15 is 0 Å². The van der Waals surface area contributed by atoms with Gasteiger partial charge in [0.15, 0.2) is 5.69 Å². The standard InChI is InChI=1S/C22H25N3O5/c1-28-17-7-8-20(29-2)15(12-17)9-10-24-21(27)19-13-30-22(25-19)18(23)11-14-3-5-16(26)6-4-14/h3-8,12-13,18,26H,9-11,23H2,1-2H3,(H,24,27). The molecule has 8 heteroatoms. The zero-order valence-electron chi connectivity index (χ0n) is 16.9. The third-order valence-corrected chi connectivity index (χ3v) is 4.63. The zero-order valence-corrected chi connectivity index (χ0v) is 16.9. The lowest BCUT2D eigenvalue weighted by molar-refractivity contribution is 0.0949. The summed E-state index contributed by atoms with van der Waals surface area (Å²) < 4.78 is 16.0. The molecule has 3 rings (SSSR count). The molecule has 0 saturated heterocycles. The van der Waals surface area contributed by atoms with Crippen molar-refractivity contribution >= 4 is 5.91 Å². The number of nitrogens with two attached hydrogens (primary N) is 1. The first-order chi connectivity index (χ1) is 14.5. The zero-order chi connectivity index (χ0) is 21.5. The minimum absolute atomic E-state index is 0.170. The number of hydrogen-bond donors (Lipinski definition) is 3. The lowest BCUT2D eigenvalue weighted by Gasteiger charge is -2.10. The molecule has 0 bridgehead atoms. The van der Waals surface area contributed by atoms with E-state index in [9.17, 15) is 9.90 Å². The Kier molecular flexibility index (Phi) is 6.92.